The molecule has 4 rings (SSSR count). The smallest absolute Gasteiger partial charge is 0.263 e. The van der Waals surface area contributed by atoms with Crippen LogP contribution in [0.2, 0.25) is 0 Å². The van der Waals surface area contributed by atoms with Crippen LogP contribution < -0.4 is 15.8 Å². The average molecular weight is 405 g/mol. The molecule has 0 atom stereocenters. The van der Waals surface area contributed by atoms with Crippen LogP contribution in [-0.4, -0.2) is 56.7 Å². The molecule has 1 saturated heterocycles. The summed E-state index contributed by atoms with van der Waals surface area (Å²) in [6.07, 6.45) is 3.43. The number of aryl methyl sites for hydroxylation is 2. The monoisotopic (exact) mass is 405 g/mol. The van der Waals surface area contributed by atoms with Crippen molar-refractivity contribution in [1.29, 1.82) is 0 Å². The van der Waals surface area contributed by atoms with Crippen LogP contribution in [0.3, 0.4) is 0 Å². The second-order valence-electron chi connectivity index (χ2n) is 7.24. The third-order valence-corrected chi connectivity index (χ3v) is 5.06. The first-order chi connectivity index (χ1) is 14.5. The van der Waals surface area contributed by atoms with E-state index in [-0.39, 0.29) is 17.0 Å². The van der Waals surface area contributed by atoms with Gasteiger partial charge in [0, 0.05) is 45.6 Å². The number of nitrogens with one attached hydrogen (secondary N) is 1. The topological polar surface area (TPSA) is 96.2 Å². The largest absolute Gasteiger partial charge is 0.352 e. The normalized spacial score (nSPS) is 13.9. The van der Waals surface area contributed by atoms with Gasteiger partial charge in [0.25, 0.3) is 11.5 Å². The van der Waals surface area contributed by atoms with Crippen molar-refractivity contribution in [3.63, 3.8) is 0 Å². The van der Waals surface area contributed by atoms with Crippen LogP contribution in [-0.2, 0) is 7.05 Å². The number of carbonyl (C=O) groups excluding carboxylic acids is 1. The zero-order valence-corrected chi connectivity index (χ0v) is 16.9. The van der Waals surface area contributed by atoms with Crippen molar-refractivity contribution in [1.82, 2.24) is 24.6 Å². The van der Waals surface area contributed by atoms with Gasteiger partial charge in [0.2, 0.25) is 0 Å². The highest BCUT2D eigenvalue weighted by Gasteiger charge is 2.24. The predicted octanol–water partition coefficient (Wildman–Crippen LogP) is 1.58. The van der Waals surface area contributed by atoms with E-state index < -0.39 is 0 Å². The number of amides is 1. The summed E-state index contributed by atoms with van der Waals surface area (Å²) in [4.78, 5) is 33.0. The molecule has 4 heterocycles. The van der Waals surface area contributed by atoms with Crippen LogP contribution in [0.25, 0.3) is 0 Å². The van der Waals surface area contributed by atoms with E-state index in [1.54, 1.807) is 36.5 Å². The van der Waals surface area contributed by atoms with Crippen LogP contribution in [0.15, 0.2) is 53.6 Å². The number of hydrogen-bond acceptors (Lipinski definition) is 7. The van der Waals surface area contributed by atoms with Crippen LogP contribution in [0.1, 0.15) is 15.9 Å². The molecule has 1 amide bonds. The molecular formula is C21H23N7O2. The Kier molecular flexibility index (Phi) is 5.42. The number of pyridine rings is 2. The van der Waals surface area contributed by atoms with E-state index in [1.807, 2.05) is 31.2 Å². The van der Waals surface area contributed by atoms with Gasteiger partial charge in [-0.25, -0.2) is 4.98 Å². The van der Waals surface area contributed by atoms with Gasteiger partial charge >= 0.3 is 0 Å². The lowest BCUT2D eigenvalue weighted by Crippen LogP contribution is -2.50. The van der Waals surface area contributed by atoms with Gasteiger partial charge in [-0.2, -0.15) is 0 Å². The minimum Gasteiger partial charge on any atom is -0.352 e. The minimum absolute atomic E-state index is 0.202. The van der Waals surface area contributed by atoms with E-state index >= 15 is 0 Å². The third-order valence-electron chi connectivity index (χ3n) is 5.06. The number of nitrogens with zero attached hydrogens (tertiary/aromatic N) is 6. The summed E-state index contributed by atoms with van der Waals surface area (Å²) in [6.45, 7) is 4.27. The SMILES string of the molecule is Cc1ccc(Nc2ccc(N3CCN(C(=O)c4cccn(C)c4=O)CC3)nn2)nc1. The molecule has 3 aromatic heterocycles. The van der Waals surface area contributed by atoms with Crippen molar-refractivity contribution < 1.29 is 4.79 Å². The molecule has 9 nitrogen and oxygen atoms in total. The summed E-state index contributed by atoms with van der Waals surface area (Å²) in [7, 11) is 1.64. The van der Waals surface area contributed by atoms with E-state index in [2.05, 4.69) is 25.4 Å². The number of anilines is 3. The van der Waals surface area contributed by atoms with Crippen LogP contribution >= 0.6 is 0 Å². The van der Waals surface area contributed by atoms with Gasteiger partial charge in [-0.1, -0.05) is 6.07 Å². The molecule has 0 aliphatic carbocycles. The molecule has 1 fully saturated rings. The molecule has 1 aliphatic heterocycles. The Hall–Kier alpha value is -3.75. The number of rotatable bonds is 4. The third kappa shape index (κ3) is 4.14. The van der Waals surface area contributed by atoms with Gasteiger partial charge in [0.1, 0.15) is 11.4 Å². The molecule has 30 heavy (non-hydrogen) atoms. The first-order valence-corrected chi connectivity index (χ1v) is 9.74. The van der Waals surface area contributed by atoms with Crippen LogP contribution in [0, 0.1) is 6.92 Å². The van der Waals surface area contributed by atoms with E-state index in [0.29, 0.717) is 37.8 Å². The zero-order chi connectivity index (χ0) is 21.1. The Balaban J connectivity index is 1.37. The van der Waals surface area contributed by atoms with Crippen LogP contribution in [0.5, 0.6) is 0 Å². The first kappa shape index (κ1) is 19.6. The molecule has 1 N–H and O–H groups in total. The van der Waals surface area contributed by atoms with Gasteiger partial charge in [0.05, 0.1) is 0 Å². The fourth-order valence-corrected chi connectivity index (χ4v) is 3.30. The molecule has 0 aromatic carbocycles. The summed E-state index contributed by atoms with van der Waals surface area (Å²) in [5, 5.41) is 11.6. The molecule has 0 radical (unpaired) electrons. The summed E-state index contributed by atoms with van der Waals surface area (Å²) in [5.41, 5.74) is 1.02. The molecule has 0 saturated carbocycles. The fourth-order valence-electron chi connectivity index (χ4n) is 3.30. The second-order valence-corrected chi connectivity index (χ2v) is 7.24. The maximum absolute atomic E-state index is 12.7. The summed E-state index contributed by atoms with van der Waals surface area (Å²) in [6, 6.07) is 10.9. The maximum Gasteiger partial charge on any atom is 0.263 e. The Morgan fingerprint density at radius 3 is 2.43 bits per heavy atom. The van der Waals surface area contributed by atoms with Crippen molar-refractivity contribution in [2.24, 2.45) is 7.05 Å². The average Bonchev–Trinajstić information content (AvgIpc) is 2.77. The Bertz CT molecular complexity index is 1090. The van der Waals surface area contributed by atoms with Gasteiger partial charge < -0.3 is 19.7 Å². The molecule has 1 aliphatic rings. The molecule has 154 valence electrons. The highest BCUT2D eigenvalue weighted by molar-refractivity contribution is 5.94. The Morgan fingerprint density at radius 2 is 1.77 bits per heavy atom. The standard InChI is InChI=1S/C21H23N7O2/c1-15-5-6-17(22-14-15)23-18-7-8-19(25-24-18)27-10-12-28(13-11-27)21(30)16-4-3-9-26(2)20(16)29/h3-9,14H,10-13H2,1-2H3,(H,22,23,24). The summed E-state index contributed by atoms with van der Waals surface area (Å²) in [5.74, 6) is 1.85. The van der Waals surface area contributed by atoms with E-state index in [9.17, 15) is 9.59 Å². The molecular weight excluding hydrogens is 382 g/mol. The number of hydrogen-bond donors (Lipinski definition) is 1. The highest BCUT2D eigenvalue weighted by atomic mass is 16.2. The minimum atomic E-state index is -0.276. The lowest BCUT2D eigenvalue weighted by Gasteiger charge is -2.35. The Morgan fingerprint density at radius 1 is 1.00 bits per heavy atom. The van der Waals surface area contributed by atoms with Gasteiger partial charge in [0.15, 0.2) is 11.6 Å². The van der Waals surface area contributed by atoms with E-state index in [4.69, 9.17) is 0 Å². The molecule has 0 bridgehead atoms. The summed E-state index contributed by atoms with van der Waals surface area (Å²) < 4.78 is 1.42. The second kappa shape index (κ2) is 8.32. The van der Waals surface area contributed by atoms with E-state index in [1.165, 1.54) is 4.57 Å². The van der Waals surface area contributed by atoms with Crippen molar-refractivity contribution in [2.45, 2.75) is 6.92 Å². The fraction of sp³-hybridized carbons (Fsp3) is 0.286. The van der Waals surface area contributed by atoms with Gasteiger partial charge in [-0.3, -0.25) is 9.59 Å². The Labute approximate surface area is 174 Å². The number of aromatic nitrogens is 4. The lowest BCUT2D eigenvalue weighted by molar-refractivity contribution is 0.0744. The van der Waals surface area contributed by atoms with Crippen molar-refractivity contribution in [3.8, 4) is 0 Å². The molecule has 0 spiro atoms. The number of piperazine rings is 1. The molecule has 0 unspecified atom stereocenters. The van der Waals surface area contributed by atoms with Crippen LogP contribution in [0.4, 0.5) is 17.5 Å². The van der Waals surface area contributed by atoms with E-state index in [0.717, 1.165) is 11.4 Å². The lowest BCUT2D eigenvalue weighted by atomic mass is 10.2. The summed E-state index contributed by atoms with van der Waals surface area (Å²) >= 11 is 0. The maximum atomic E-state index is 12.7. The highest BCUT2D eigenvalue weighted by Crippen LogP contribution is 2.17. The molecule has 9 heteroatoms. The first-order valence-electron chi connectivity index (χ1n) is 9.74. The zero-order valence-electron chi connectivity index (χ0n) is 16.9. The van der Waals surface area contributed by atoms with Crippen molar-refractivity contribution in [3.05, 3.63) is 70.3 Å². The number of carbonyl (C=O) groups is 1. The van der Waals surface area contributed by atoms with Gasteiger partial charge in [-0.15, -0.1) is 10.2 Å². The molecule has 3 aromatic rings. The van der Waals surface area contributed by atoms with Crippen molar-refractivity contribution >= 4 is 23.4 Å². The quantitative estimate of drug-likeness (QED) is 0.704. The van der Waals surface area contributed by atoms with Gasteiger partial charge in [-0.05, 0) is 42.8 Å². The predicted molar refractivity (Wildman–Crippen MR) is 114 cm³/mol. The van der Waals surface area contributed by atoms with Crippen molar-refractivity contribution in [2.75, 3.05) is 36.4 Å².